The Balaban J connectivity index is 1.44. The number of ether oxygens (including phenoxy) is 2. The van der Waals surface area contributed by atoms with Crippen LogP contribution in [0.15, 0.2) is 83.5 Å². The zero-order chi connectivity index (χ0) is 25.5. The third-order valence-corrected chi connectivity index (χ3v) is 5.33. The summed E-state index contributed by atoms with van der Waals surface area (Å²) in [6.07, 6.45) is 1.70. The number of amides is 2. The average Bonchev–Trinajstić information content (AvgIpc) is 3.18. The van der Waals surface area contributed by atoms with E-state index in [-0.39, 0.29) is 18.4 Å². The Kier molecular flexibility index (Phi) is 7.42. The van der Waals surface area contributed by atoms with E-state index in [1.165, 1.54) is 5.01 Å². The quantitative estimate of drug-likeness (QED) is 0.467. The topological polar surface area (TPSA) is 104 Å². The van der Waals surface area contributed by atoms with E-state index in [1.807, 2.05) is 13.0 Å². The first-order valence-electron chi connectivity index (χ1n) is 11.3. The van der Waals surface area contributed by atoms with E-state index >= 15 is 0 Å². The van der Waals surface area contributed by atoms with Gasteiger partial charge in [-0.05, 0) is 74.5 Å². The minimum Gasteiger partial charge on any atom is -0.494 e. The molecule has 0 saturated carbocycles. The number of hydrogen-bond acceptors (Lipinski definition) is 6. The van der Waals surface area contributed by atoms with Crippen molar-refractivity contribution in [1.82, 2.24) is 0 Å². The highest BCUT2D eigenvalue weighted by atomic mass is 16.5. The Hall–Kier alpha value is -4.90. The molecule has 0 spiro atoms. The van der Waals surface area contributed by atoms with Crippen LogP contribution in [-0.2, 0) is 9.59 Å². The maximum absolute atomic E-state index is 13.1. The first-order chi connectivity index (χ1) is 17.5. The summed E-state index contributed by atoms with van der Waals surface area (Å²) in [6, 6.07) is 22.9. The SMILES string of the molecule is CCOc1ccc(NC(=O)COc2ccccc2/C=C2/C(=O)N(c3ccc(C#N)cc3)N=C2C)cc1. The van der Waals surface area contributed by atoms with Crippen molar-refractivity contribution >= 4 is 35.0 Å². The molecule has 1 heterocycles. The molecule has 0 radical (unpaired) electrons. The average molecular weight is 481 g/mol. The van der Waals surface area contributed by atoms with Crippen molar-refractivity contribution < 1.29 is 19.1 Å². The number of nitrogens with one attached hydrogen (secondary N) is 1. The van der Waals surface area contributed by atoms with E-state index in [1.54, 1.807) is 79.7 Å². The summed E-state index contributed by atoms with van der Waals surface area (Å²) in [5, 5.41) is 17.5. The second-order valence-electron chi connectivity index (χ2n) is 7.85. The molecule has 8 heteroatoms. The highest BCUT2D eigenvalue weighted by Gasteiger charge is 2.29. The third-order valence-electron chi connectivity index (χ3n) is 5.33. The molecule has 1 N–H and O–H groups in total. The fourth-order valence-electron chi connectivity index (χ4n) is 3.56. The van der Waals surface area contributed by atoms with Crippen LogP contribution in [0.3, 0.4) is 0 Å². The summed E-state index contributed by atoms with van der Waals surface area (Å²) >= 11 is 0. The second-order valence-corrected chi connectivity index (χ2v) is 7.85. The van der Waals surface area contributed by atoms with Gasteiger partial charge >= 0.3 is 0 Å². The van der Waals surface area contributed by atoms with Gasteiger partial charge in [0.15, 0.2) is 6.61 Å². The predicted octanol–water partition coefficient (Wildman–Crippen LogP) is 4.78. The van der Waals surface area contributed by atoms with Gasteiger partial charge in [0.2, 0.25) is 0 Å². The van der Waals surface area contributed by atoms with Gasteiger partial charge in [-0.3, -0.25) is 9.59 Å². The molecule has 0 fully saturated rings. The standard InChI is InChI=1S/C28H24N4O4/c1-3-35-24-14-10-22(11-15-24)30-27(33)18-36-26-7-5-4-6-21(26)16-25-19(2)31-32(28(25)34)23-12-8-20(17-29)9-13-23/h4-16H,3,18H2,1-2H3,(H,30,33)/b25-16+. The van der Waals surface area contributed by atoms with Crippen LogP contribution in [0.2, 0.25) is 0 Å². The van der Waals surface area contributed by atoms with Crippen molar-refractivity contribution in [2.75, 3.05) is 23.5 Å². The molecule has 4 rings (SSSR count). The number of rotatable bonds is 8. The molecule has 0 atom stereocenters. The van der Waals surface area contributed by atoms with Gasteiger partial charge < -0.3 is 14.8 Å². The summed E-state index contributed by atoms with van der Waals surface area (Å²) in [5.41, 5.74) is 3.30. The van der Waals surface area contributed by atoms with Crippen LogP contribution in [0.25, 0.3) is 6.08 Å². The molecule has 3 aromatic carbocycles. The number of nitriles is 1. The van der Waals surface area contributed by atoms with Crippen LogP contribution < -0.4 is 19.8 Å². The molecule has 180 valence electrons. The van der Waals surface area contributed by atoms with Crippen LogP contribution in [0.4, 0.5) is 11.4 Å². The number of benzene rings is 3. The van der Waals surface area contributed by atoms with Gasteiger partial charge in [-0.25, -0.2) is 0 Å². The van der Waals surface area contributed by atoms with Crippen molar-refractivity contribution in [3.05, 3.63) is 89.5 Å². The molecule has 0 bridgehead atoms. The van der Waals surface area contributed by atoms with Crippen molar-refractivity contribution in [1.29, 1.82) is 5.26 Å². The fourth-order valence-corrected chi connectivity index (χ4v) is 3.56. The molecule has 1 aliphatic heterocycles. The maximum atomic E-state index is 13.1. The van der Waals surface area contributed by atoms with E-state index in [2.05, 4.69) is 16.5 Å². The number of para-hydroxylation sites is 1. The van der Waals surface area contributed by atoms with E-state index in [0.29, 0.717) is 46.1 Å². The highest BCUT2D eigenvalue weighted by Crippen LogP contribution is 2.28. The molecule has 8 nitrogen and oxygen atoms in total. The van der Waals surface area contributed by atoms with Gasteiger partial charge in [0.25, 0.3) is 11.8 Å². The Morgan fingerprint density at radius 3 is 2.47 bits per heavy atom. The molecule has 2 amide bonds. The lowest BCUT2D eigenvalue weighted by Gasteiger charge is -2.12. The van der Waals surface area contributed by atoms with E-state index < -0.39 is 0 Å². The zero-order valence-corrected chi connectivity index (χ0v) is 19.9. The Labute approximate surface area is 209 Å². The molecule has 0 aliphatic carbocycles. The molecule has 0 unspecified atom stereocenters. The molecule has 1 aliphatic rings. The summed E-state index contributed by atoms with van der Waals surface area (Å²) in [5.74, 6) is 0.583. The van der Waals surface area contributed by atoms with E-state index in [4.69, 9.17) is 14.7 Å². The minimum absolute atomic E-state index is 0.203. The number of hydrazone groups is 1. The number of carbonyl (C=O) groups is 2. The van der Waals surface area contributed by atoms with Crippen molar-refractivity contribution in [2.24, 2.45) is 5.10 Å². The lowest BCUT2D eigenvalue weighted by molar-refractivity contribution is -0.118. The van der Waals surface area contributed by atoms with E-state index in [0.717, 1.165) is 5.75 Å². The Morgan fingerprint density at radius 2 is 1.78 bits per heavy atom. The predicted molar refractivity (Wildman–Crippen MR) is 138 cm³/mol. The first kappa shape index (κ1) is 24.2. The summed E-state index contributed by atoms with van der Waals surface area (Å²) < 4.78 is 11.2. The van der Waals surface area contributed by atoms with Crippen LogP contribution in [0, 0.1) is 11.3 Å². The van der Waals surface area contributed by atoms with Crippen molar-refractivity contribution in [3.63, 3.8) is 0 Å². The molecule has 3 aromatic rings. The van der Waals surface area contributed by atoms with Crippen LogP contribution in [0.1, 0.15) is 25.0 Å². The monoisotopic (exact) mass is 480 g/mol. The third kappa shape index (κ3) is 5.59. The number of carbonyl (C=O) groups excluding carboxylic acids is 2. The maximum Gasteiger partial charge on any atom is 0.280 e. The molecule has 0 aromatic heterocycles. The largest absolute Gasteiger partial charge is 0.494 e. The minimum atomic E-state index is -0.316. The lowest BCUT2D eigenvalue weighted by Crippen LogP contribution is -2.21. The van der Waals surface area contributed by atoms with Gasteiger partial charge in [0.05, 0.1) is 35.2 Å². The zero-order valence-electron chi connectivity index (χ0n) is 19.9. The second kappa shape index (κ2) is 11.0. The van der Waals surface area contributed by atoms with E-state index in [9.17, 15) is 9.59 Å². The fraction of sp³-hybridized carbons (Fsp3) is 0.143. The molecule has 0 saturated heterocycles. The number of anilines is 2. The number of nitrogens with zero attached hydrogens (tertiary/aromatic N) is 3. The Bertz CT molecular complexity index is 1370. The van der Waals surface area contributed by atoms with Crippen LogP contribution >= 0.6 is 0 Å². The lowest BCUT2D eigenvalue weighted by atomic mass is 10.1. The summed E-state index contributed by atoms with van der Waals surface area (Å²) in [4.78, 5) is 25.5. The van der Waals surface area contributed by atoms with Gasteiger partial charge in [0.1, 0.15) is 11.5 Å². The first-order valence-corrected chi connectivity index (χ1v) is 11.3. The Morgan fingerprint density at radius 1 is 1.06 bits per heavy atom. The van der Waals surface area contributed by atoms with Crippen LogP contribution in [-0.4, -0.2) is 30.7 Å². The van der Waals surface area contributed by atoms with Crippen molar-refractivity contribution in [2.45, 2.75) is 13.8 Å². The van der Waals surface area contributed by atoms with Crippen LogP contribution in [0.5, 0.6) is 11.5 Å². The van der Waals surface area contributed by atoms with Gasteiger partial charge in [-0.1, -0.05) is 18.2 Å². The van der Waals surface area contributed by atoms with Gasteiger partial charge in [-0.15, -0.1) is 0 Å². The summed E-state index contributed by atoms with van der Waals surface area (Å²) in [6.45, 7) is 4.02. The molecule has 36 heavy (non-hydrogen) atoms. The number of hydrogen-bond donors (Lipinski definition) is 1. The van der Waals surface area contributed by atoms with Crippen molar-refractivity contribution in [3.8, 4) is 17.6 Å². The normalized spacial score (nSPS) is 13.8. The van der Waals surface area contributed by atoms with Gasteiger partial charge in [-0.2, -0.15) is 15.4 Å². The summed E-state index contributed by atoms with van der Waals surface area (Å²) in [7, 11) is 0. The van der Waals surface area contributed by atoms with Gasteiger partial charge in [0, 0.05) is 11.3 Å². The molecular formula is C28H24N4O4. The highest BCUT2D eigenvalue weighted by molar-refractivity contribution is 6.32. The molecular weight excluding hydrogens is 456 g/mol. The smallest absolute Gasteiger partial charge is 0.280 e.